The van der Waals surface area contributed by atoms with E-state index in [1.54, 1.807) is 10.7 Å². The second-order valence-corrected chi connectivity index (χ2v) is 9.39. The van der Waals surface area contributed by atoms with Gasteiger partial charge in [-0.25, -0.2) is 9.82 Å². The quantitative estimate of drug-likeness (QED) is 0.577. The number of halogens is 1. The van der Waals surface area contributed by atoms with E-state index in [0.29, 0.717) is 11.0 Å². The lowest BCUT2D eigenvalue weighted by molar-refractivity contribution is 0.498. The summed E-state index contributed by atoms with van der Waals surface area (Å²) in [5.74, 6) is -0.167. The molecule has 1 atom stereocenters. The summed E-state index contributed by atoms with van der Waals surface area (Å²) in [5.41, 5.74) is 14.3. The summed E-state index contributed by atoms with van der Waals surface area (Å²) in [6.07, 6.45) is 9.47. The molecule has 1 aliphatic carbocycles. The van der Waals surface area contributed by atoms with Crippen LogP contribution in [-0.4, -0.2) is 16.3 Å². The Balaban J connectivity index is 1.62. The molecule has 2 heterocycles. The normalized spacial score (nSPS) is 20.3. The summed E-state index contributed by atoms with van der Waals surface area (Å²) < 4.78 is 16.8. The third-order valence-electron chi connectivity index (χ3n) is 6.70. The Kier molecular flexibility index (Phi) is 6.04. The van der Waals surface area contributed by atoms with E-state index in [1.165, 1.54) is 12.8 Å². The molecule has 5 nitrogen and oxygen atoms in total. The first-order chi connectivity index (χ1) is 14.8. The van der Waals surface area contributed by atoms with Crippen LogP contribution in [0.2, 0.25) is 0 Å². The molecule has 2 aliphatic rings. The first-order valence-electron chi connectivity index (χ1n) is 11.2. The minimum atomic E-state index is -0.167. The molecule has 31 heavy (non-hydrogen) atoms. The van der Waals surface area contributed by atoms with Crippen LogP contribution in [0.25, 0.3) is 5.57 Å². The fraction of sp³-hybridized carbons (Fsp3) is 0.480. The van der Waals surface area contributed by atoms with Crippen molar-refractivity contribution in [2.24, 2.45) is 12.5 Å². The predicted octanol–water partition coefficient (Wildman–Crippen LogP) is 4.67. The van der Waals surface area contributed by atoms with Gasteiger partial charge in [0, 0.05) is 43.2 Å². The second-order valence-electron chi connectivity index (χ2n) is 9.39. The zero-order valence-electron chi connectivity index (χ0n) is 19.3. The van der Waals surface area contributed by atoms with Crippen molar-refractivity contribution < 1.29 is 4.39 Å². The predicted molar refractivity (Wildman–Crippen MR) is 123 cm³/mol. The van der Waals surface area contributed by atoms with Gasteiger partial charge in [0.15, 0.2) is 0 Å². The highest BCUT2D eigenvalue weighted by Gasteiger charge is 2.36. The average molecular weight is 424 g/mol. The highest BCUT2D eigenvalue weighted by molar-refractivity contribution is 5.71. The van der Waals surface area contributed by atoms with Crippen molar-refractivity contribution in [1.29, 1.82) is 0 Å². The van der Waals surface area contributed by atoms with E-state index in [-0.39, 0.29) is 11.9 Å². The topological polar surface area (TPSA) is 53.9 Å². The van der Waals surface area contributed by atoms with Crippen molar-refractivity contribution >= 4 is 5.57 Å². The van der Waals surface area contributed by atoms with E-state index < -0.39 is 0 Å². The Morgan fingerprint density at radius 1 is 1.39 bits per heavy atom. The number of benzene rings is 1. The van der Waals surface area contributed by atoms with E-state index >= 15 is 0 Å². The standard InChI is InChI=1S/C25H34FN5/c1-6-22-20(24(30-29-22)19-13-28-31(5)14-19)11-16(2)23-17(3)18(7-8-21(23)26)12-27-15-25(4)9-10-25/h7-8,11,13-14,24,27,29-30H,6,9-10,12,15H2,1-5H3/b16-11+. The Labute approximate surface area is 184 Å². The molecule has 6 heteroatoms. The Morgan fingerprint density at radius 3 is 2.81 bits per heavy atom. The van der Waals surface area contributed by atoms with Crippen LogP contribution >= 0.6 is 0 Å². The lowest BCUT2D eigenvalue weighted by atomic mass is 9.92. The Hall–Kier alpha value is -2.44. The number of nitrogens with one attached hydrogen (secondary N) is 3. The molecule has 0 saturated heterocycles. The summed E-state index contributed by atoms with van der Waals surface area (Å²) in [6, 6.07) is 3.51. The molecule has 3 N–H and O–H groups in total. The fourth-order valence-corrected chi connectivity index (χ4v) is 4.39. The maximum absolute atomic E-state index is 15.0. The van der Waals surface area contributed by atoms with Crippen LogP contribution in [0.1, 0.15) is 68.3 Å². The molecule has 4 rings (SSSR count). The van der Waals surface area contributed by atoms with Gasteiger partial charge in [-0.3, -0.25) is 4.68 Å². The maximum atomic E-state index is 15.0. The van der Waals surface area contributed by atoms with E-state index in [0.717, 1.165) is 53.0 Å². The highest BCUT2D eigenvalue weighted by atomic mass is 19.1. The summed E-state index contributed by atoms with van der Waals surface area (Å²) in [5, 5.41) is 7.88. The van der Waals surface area contributed by atoms with Crippen LogP contribution in [-0.2, 0) is 13.6 Å². The lowest BCUT2D eigenvalue weighted by Crippen LogP contribution is -2.26. The van der Waals surface area contributed by atoms with Gasteiger partial charge in [-0.15, -0.1) is 0 Å². The summed E-state index contributed by atoms with van der Waals surface area (Å²) in [4.78, 5) is 0. The Bertz CT molecular complexity index is 1030. The highest BCUT2D eigenvalue weighted by Crippen LogP contribution is 2.44. The van der Waals surface area contributed by atoms with Crippen molar-refractivity contribution in [3.63, 3.8) is 0 Å². The van der Waals surface area contributed by atoms with Crippen LogP contribution in [0.3, 0.4) is 0 Å². The van der Waals surface area contributed by atoms with Gasteiger partial charge in [0.2, 0.25) is 0 Å². The maximum Gasteiger partial charge on any atom is 0.130 e. The Morgan fingerprint density at radius 2 is 2.16 bits per heavy atom. The van der Waals surface area contributed by atoms with Crippen LogP contribution in [0, 0.1) is 18.2 Å². The molecule has 0 radical (unpaired) electrons. The molecule has 0 bridgehead atoms. The van der Waals surface area contributed by atoms with Gasteiger partial charge in [-0.1, -0.05) is 26.0 Å². The van der Waals surface area contributed by atoms with Gasteiger partial charge in [0.05, 0.1) is 12.2 Å². The molecule has 1 unspecified atom stereocenters. The molecule has 1 aromatic carbocycles. The molecule has 2 aromatic rings. The SMILES string of the molecule is CCC1=C(/C=C(\C)c2c(F)ccc(CNCC3(C)CC3)c2C)C(c2cnn(C)c2)NN1. The molecule has 1 fully saturated rings. The number of aromatic nitrogens is 2. The van der Waals surface area contributed by atoms with Gasteiger partial charge in [-0.05, 0) is 66.9 Å². The number of hydrazine groups is 1. The van der Waals surface area contributed by atoms with E-state index in [2.05, 4.69) is 41.2 Å². The van der Waals surface area contributed by atoms with Crippen LogP contribution in [0.5, 0.6) is 0 Å². The number of nitrogens with zero attached hydrogens (tertiary/aromatic N) is 2. The number of aryl methyl sites for hydroxylation is 1. The lowest BCUT2D eigenvalue weighted by Gasteiger charge is -2.16. The van der Waals surface area contributed by atoms with Gasteiger partial charge in [0.1, 0.15) is 5.82 Å². The third-order valence-corrected chi connectivity index (χ3v) is 6.70. The van der Waals surface area contributed by atoms with E-state index in [9.17, 15) is 4.39 Å². The molecule has 166 valence electrons. The zero-order chi connectivity index (χ0) is 22.2. The molecule has 0 spiro atoms. The van der Waals surface area contributed by atoms with Crippen molar-refractivity contribution in [3.8, 4) is 0 Å². The zero-order valence-corrected chi connectivity index (χ0v) is 19.3. The second kappa shape index (κ2) is 8.60. The molecular formula is C25H34FN5. The number of hydrogen-bond acceptors (Lipinski definition) is 4. The molecule has 0 amide bonds. The summed E-state index contributed by atoms with van der Waals surface area (Å²) in [6.45, 7) is 10.3. The van der Waals surface area contributed by atoms with Crippen molar-refractivity contribution in [1.82, 2.24) is 25.9 Å². The summed E-state index contributed by atoms with van der Waals surface area (Å²) in [7, 11) is 1.92. The monoisotopic (exact) mass is 423 g/mol. The van der Waals surface area contributed by atoms with Gasteiger partial charge < -0.3 is 10.7 Å². The minimum Gasteiger partial charge on any atom is -0.324 e. The molecule has 1 aromatic heterocycles. The minimum absolute atomic E-state index is 0.00824. The van der Waals surface area contributed by atoms with E-state index in [1.807, 2.05) is 39.4 Å². The van der Waals surface area contributed by atoms with E-state index in [4.69, 9.17) is 0 Å². The van der Waals surface area contributed by atoms with Gasteiger partial charge in [0.25, 0.3) is 0 Å². The third kappa shape index (κ3) is 4.60. The summed E-state index contributed by atoms with van der Waals surface area (Å²) >= 11 is 0. The average Bonchev–Trinajstić information content (AvgIpc) is 3.10. The molecule has 1 saturated carbocycles. The van der Waals surface area contributed by atoms with Gasteiger partial charge in [-0.2, -0.15) is 5.10 Å². The van der Waals surface area contributed by atoms with Crippen LogP contribution in [0.4, 0.5) is 4.39 Å². The van der Waals surface area contributed by atoms with Crippen molar-refractivity contribution in [2.75, 3.05) is 6.54 Å². The largest absolute Gasteiger partial charge is 0.324 e. The van der Waals surface area contributed by atoms with Gasteiger partial charge >= 0.3 is 0 Å². The molecule has 1 aliphatic heterocycles. The molecular weight excluding hydrogens is 389 g/mol. The smallest absolute Gasteiger partial charge is 0.130 e. The first kappa shape index (κ1) is 21.8. The van der Waals surface area contributed by atoms with Crippen LogP contribution in [0.15, 0.2) is 41.9 Å². The number of rotatable bonds is 8. The number of allylic oxidation sites excluding steroid dienone is 2. The van der Waals surface area contributed by atoms with Crippen LogP contribution < -0.4 is 16.2 Å². The number of hydrogen-bond donors (Lipinski definition) is 3. The fourth-order valence-electron chi connectivity index (χ4n) is 4.39. The van der Waals surface area contributed by atoms with Crippen molar-refractivity contribution in [3.05, 3.63) is 69.9 Å². The van der Waals surface area contributed by atoms with Crippen molar-refractivity contribution in [2.45, 2.75) is 59.5 Å². The first-order valence-corrected chi connectivity index (χ1v) is 11.2.